The fourth-order valence-electron chi connectivity index (χ4n) is 2.77. The first-order valence-corrected chi connectivity index (χ1v) is 8.47. The minimum absolute atomic E-state index is 0.0376. The van der Waals surface area contributed by atoms with Crippen molar-refractivity contribution in [3.63, 3.8) is 0 Å². The molecule has 7 heteroatoms. The summed E-state index contributed by atoms with van der Waals surface area (Å²) in [5.74, 6) is -0.102. The molecule has 0 saturated carbocycles. The first-order valence-electron chi connectivity index (χ1n) is 8.47. The Morgan fingerprint density at radius 1 is 1.30 bits per heavy atom. The van der Waals surface area contributed by atoms with Gasteiger partial charge in [0.25, 0.3) is 5.56 Å². The van der Waals surface area contributed by atoms with Crippen molar-refractivity contribution in [2.24, 2.45) is 5.92 Å². The number of carbonyl (C=O) groups is 1. The van der Waals surface area contributed by atoms with E-state index < -0.39 is 17.2 Å². The molecule has 0 atom stereocenters. The second-order valence-corrected chi connectivity index (χ2v) is 6.48. The molecule has 142 valence electrons. The average molecular weight is 370 g/mol. The second kappa shape index (κ2) is 8.41. The van der Waals surface area contributed by atoms with Gasteiger partial charge in [-0.25, -0.2) is 0 Å². The topological polar surface area (TPSA) is 102 Å². The molecule has 0 fully saturated rings. The zero-order chi connectivity index (χ0) is 20.1. The molecule has 1 aromatic carbocycles. The SMILES string of the molecule is COc1ccccc1OCC(=O)c1c(C)c(C#N)c(=O)n(CC(C)C)c1O. The number of para-hydroxylation sites is 2. The van der Waals surface area contributed by atoms with E-state index in [1.165, 1.54) is 14.0 Å². The van der Waals surface area contributed by atoms with Gasteiger partial charge in [0, 0.05) is 6.54 Å². The van der Waals surface area contributed by atoms with Crippen molar-refractivity contribution in [2.75, 3.05) is 13.7 Å². The van der Waals surface area contributed by atoms with Crippen LogP contribution >= 0.6 is 0 Å². The molecule has 1 aromatic heterocycles. The van der Waals surface area contributed by atoms with E-state index in [0.717, 1.165) is 4.57 Å². The molecule has 27 heavy (non-hydrogen) atoms. The molecular weight excluding hydrogens is 348 g/mol. The molecule has 0 aliphatic carbocycles. The molecule has 2 aromatic rings. The van der Waals surface area contributed by atoms with Gasteiger partial charge in [0.05, 0.1) is 12.7 Å². The van der Waals surface area contributed by atoms with Crippen LogP contribution in [0.4, 0.5) is 0 Å². The summed E-state index contributed by atoms with van der Waals surface area (Å²) in [6, 6.07) is 8.69. The van der Waals surface area contributed by atoms with Gasteiger partial charge in [-0.3, -0.25) is 14.2 Å². The second-order valence-electron chi connectivity index (χ2n) is 6.48. The molecule has 0 spiro atoms. The van der Waals surface area contributed by atoms with Crippen LogP contribution in [-0.4, -0.2) is 29.2 Å². The standard InChI is InChI=1S/C20H22N2O5/c1-12(2)10-22-19(24)14(9-21)13(3)18(20(22)25)15(23)11-27-17-8-6-5-7-16(17)26-4/h5-8,12,25H,10-11H2,1-4H3. The monoisotopic (exact) mass is 370 g/mol. The van der Waals surface area contributed by atoms with Gasteiger partial charge >= 0.3 is 0 Å². The number of aromatic hydroxyl groups is 1. The number of aromatic nitrogens is 1. The maximum Gasteiger partial charge on any atom is 0.271 e. The molecule has 0 unspecified atom stereocenters. The van der Waals surface area contributed by atoms with Gasteiger partial charge in [0.1, 0.15) is 11.6 Å². The molecule has 0 radical (unpaired) electrons. The summed E-state index contributed by atoms with van der Waals surface area (Å²) in [5, 5.41) is 19.9. The number of ketones is 1. The van der Waals surface area contributed by atoms with Crippen LogP contribution in [0.1, 0.15) is 35.3 Å². The van der Waals surface area contributed by atoms with Gasteiger partial charge in [-0.15, -0.1) is 0 Å². The van der Waals surface area contributed by atoms with Gasteiger partial charge in [0.15, 0.2) is 18.1 Å². The minimum Gasteiger partial charge on any atom is -0.494 e. The Morgan fingerprint density at radius 2 is 1.93 bits per heavy atom. The highest BCUT2D eigenvalue weighted by Crippen LogP contribution is 2.27. The molecule has 0 aliphatic heterocycles. The Hall–Kier alpha value is -3.27. The van der Waals surface area contributed by atoms with Crippen LogP contribution in [-0.2, 0) is 6.54 Å². The highest BCUT2D eigenvalue weighted by atomic mass is 16.5. The van der Waals surface area contributed by atoms with Crippen molar-refractivity contribution in [2.45, 2.75) is 27.3 Å². The van der Waals surface area contributed by atoms with E-state index in [-0.39, 0.29) is 35.8 Å². The fourth-order valence-corrected chi connectivity index (χ4v) is 2.77. The summed E-state index contributed by atoms with van der Waals surface area (Å²) in [7, 11) is 1.49. The van der Waals surface area contributed by atoms with Crippen LogP contribution in [0.3, 0.4) is 0 Å². The van der Waals surface area contributed by atoms with Crippen LogP contribution in [0.5, 0.6) is 17.4 Å². The van der Waals surface area contributed by atoms with Gasteiger partial charge < -0.3 is 14.6 Å². The lowest BCUT2D eigenvalue weighted by Gasteiger charge is -2.17. The molecule has 0 aliphatic rings. The highest BCUT2D eigenvalue weighted by molar-refractivity contribution is 6.01. The van der Waals surface area contributed by atoms with E-state index in [1.54, 1.807) is 24.3 Å². The van der Waals surface area contributed by atoms with E-state index in [2.05, 4.69) is 0 Å². The third kappa shape index (κ3) is 4.11. The Balaban J connectivity index is 2.43. The van der Waals surface area contributed by atoms with E-state index in [0.29, 0.717) is 11.5 Å². The molecule has 7 nitrogen and oxygen atoms in total. The van der Waals surface area contributed by atoms with E-state index in [9.17, 15) is 20.0 Å². The van der Waals surface area contributed by atoms with Crippen molar-refractivity contribution in [1.82, 2.24) is 4.57 Å². The number of Topliss-reactive ketones (excluding diaryl/α,β-unsaturated/α-hetero) is 1. The van der Waals surface area contributed by atoms with Crippen LogP contribution in [0.15, 0.2) is 29.1 Å². The van der Waals surface area contributed by atoms with Crippen LogP contribution < -0.4 is 15.0 Å². The third-order valence-corrected chi connectivity index (χ3v) is 4.05. The molecule has 0 bridgehead atoms. The number of rotatable bonds is 7. The van der Waals surface area contributed by atoms with Crippen LogP contribution in [0.2, 0.25) is 0 Å². The van der Waals surface area contributed by atoms with E-state index in [1.807, 2.05) is 19.9 Å². The Morgan fingerprint density at radius 3 is 2.48 bits per heavy atom. The smallest absolute Gasteiger partial charge is 0.271 e. The number of nitriles is 1. The molecule has 1 heterocycles. The van der Waals surface area contributed by atoms with Gasteiger partial charge in [0.2, 0.25) is 11.7 Å². The van der Waals surface area contributed by atoms with Gasteiger partial charge in [-0.1, -0.05) is 26.0 Å². The maximum absolute atomic E-state index is 12.7. The number of benzene rings is 1. The predicted molar refractivity (Wildman–Crippen MR) is 99.5 cm³/mol. The molecule has 0 saturated heterocycles. The minimum atomic E-state index is -0.608. The van der Waals surface area contributed by atoms with Crippen LogP contribution in [0.25, 0.3) is 0 Å². The summed E-state index contributed by atoms with van der Waals surface area (Å²) in [4.78, 5) is 25.2. The van der Waals surface area contributed by atoms with Crippen molar-refractivity contribution >= 4 is 5.78 Å². The number of nitrogens with zero attached hydrogens (tertiary/aromatic N) is 2. The number of hydrogen-bond donors (Lipinski definition) is 1. The molecule has 0 amide bonds. The fraction of sp³-hybridized carbons (Fsp3) is 0.350. The summed E-state index contributed by atoms with van der Waals surface area (Å²) >= 11 is 0. The van der Waals surface area contributed by atoms with E-state index >= 15 is 0 Å². The normalized spacial score (nSPS) is 10.5. The van der Waals surface area contributed by atoms with Crippen LogP contribution in [0, 0.1) is 24.2 Å². The van der Waals surface area contributed by atoms with Crippen molar-refractivity contribution in [1.29, 1.82) is 5.26 Å². The summed E-state index contributed by atoms with van der Waals surface area (Å²) in [6.07, 6.45) is 0. The number of pyridine rings is 1. The van der Waals surface area contributed by atoms with Crippen molar-refractivity contribution in [3.8, 4) is 23.4 Å². The number of methoxy groups -OCH3 is 1. The Labute approximate surface area is 157 Å². The zero-order valence-electron chi connectivity index (χ0n) is 15.8. The van der Waals surface area contributed by atoms with Crippen molar-refractivity contribution < 1.29 is 19.4 Å². The van der Waals surface area contributed by atoms with E-state index in [4.69, 9.17) is 9.47 Å². The largest absolute Gasteiger partial charge is 0.494 e. The molecule has 2 rings (SSSR count). The summed E-state index contributed by atoms with van der Waals surface area (Å²) < 4.78 is 11.8. The first kappa shape index (κ1) is 20.0. The Bertz CT molecular complexity index is 954. The van der Waals surface area contributed by atoms with Crippen molar-refractivity contribution in [3.05, 3.63) is 51.3 Å². The average Bonchev–Trinajstić information content (AvgIpc) is 2.64. The third-order valence-electron chi connectivity index (χ3n) is 4.05. The summed E-state index contributed by atoms with van der Waals surface area (Å²) in [5.41, 5.74) is -0.701. The highest BCUT2D eigenvalue weighted by Gasteiger charge is 2.24. The molecule has 1 N–H and O–H groups in total. The maximum atomic E-state index is 12.7. The first-order chi connectivity index (χ1) is 12.8. The lowest BCUT2D eigenvalue weighted by atomic mass is 10.0. The lowest BCUT2D eigenvalue weighted by Crippen LogP contribution is -2.29. The zero-order valence-corrected chi connectivity index (χ0v) is 15.8. The lowest BCUT2D eigenvalue weighted by molar-refractivity contribution is 0.0914. The Kier molecular flexibility index (Phi) is 6.24. The number of carbonyl (C=O) groups excluding carboxylic acids is 1. The number of ether oxygens (including phenoxy) is 2. The summed E-state index contributed by atoms with van der Waals surface area (Å²) in [6.45, 7) is 5.01. The number of hydrogen-bond acceptors (Lipinski definition) is 6. The van der Waals surface area contributed by atoms with Gasteiger partial charge in [-0.05, 0) is 30.5 Å². The van der Waals surface area contributed by atoms with Gasteiger partial charge in [-0.2, -0.15) is 5.26 Å². The predicted octanol–water partition coefficient (Wildman–Crippen LogP) is 2.66. The quantitative estimate of drug-likeness (QED) is 0.752. The molecular formula is C20H22N2O5.